The topological polar surface area (TPSA) is 98.2 Å². The Morgan fingerprint density at radius 1 is 0.944 bits per heavy atom. The van der Waals surface area contributed by atoms with Crippen molar-refractivity contribution in [2.24, 2.45) is 0 Å². The zero-order valence-corrected chi connectivity index (χ0v) is 20.4. The molecular formula is C28H28N2O6. The summed E-state index contributed by atoms with van der Waals surface area (Å²) in [6.07, 6.45) is 3.25. The number of benzene rings is 2. The van der Waals surface area contributed by atoms with Gasteiger partial charge >= 0.3 is 0 Å². The molecule has 0 bridgehead atoms. The lowest BCUT2D eigenvalue weighted by atomic mass is 9.94. The minimum atomic E-state index is -0.838. The van der Waals surface area contributed by atoms with E-state index in [2.05, 4.69) is 4.98 Å². The molecule has 8 nitrogen and oxygen atoms in total. The van der Waals surface area contributed by atoms with Gasteiger partial charge in [-0.3, -0.25) is 14.6 Å². The Balaban J connectivity index is 1.87. The molecule has 0 saturated carbocycles. The van der Waals surface area contributed by atoms with Gasteiger partial charge in [-0.1, -0.05) is 6.07 Å². The third-order valence-electron chi connectivity index (χ3n) is 5.89. The normalized spacial score (nSPS) is 16.8. The summed E-state index contributed by atoms with van der Waals surface area (Å²) in [7, 11) is 1.54. The number of rotatable bonds is 9. The highest BCUT2D eigenvalue weighted by atomic mass is 16.5. The number of methoxy groups -OCH3 is 1. The van der Waals surface area contributed by atoms with Crippen LogP contribution in [0.4, 0.5) is 0 Å². The number of carbonyl (C=O) groups is 2. The number of aromatic nitrogens is 1. The Bertz CT molecular complexity index is 1270. The number of Topliss-reactive ketones (excluding diaryl/α,β-unsaturated/α-hetero) is 1. The minimum absolute atomic E-state index is 0.00540. The second-order valence-corrected chi connectivity index (χ2v) is 8.08. The Kier molecular flexibility index (Phi) is 7.53. The van der Waals surface area contributed by atoms with Crippen molar-refractivity contribution >= 4 is 17.4 Å². The lowest BCUT2D eigenvalue weighted by Crippen LogP contribution is -2.29. The summed E-state index contributed by atoms with van der Waals surface area (Å²) in [5.41, 5.74) is 1.83. The van der Waals surface area contributed by atoms with Gasteiger partial charge in [-0.15, -0.1) is 0 Å². The number of hydrogen-bond donors (Lipinski definition) is 1. The quantitative estimate of drug-likeness (QED) is 0.269. The van der Waals surface area contributed by atoms with Crippen LogP contribution in [-0.4, -0.2) is 47.0 Å². The van der Waals surface area contributed by atoms with Gasteiger partial charge in [0.2, 0.25) is 0 Å². The molecule has 1 aromatic heterocycles. The van der Waals surface area contributed by atoms with Gasteiger partial charge in [0.1, 0.15) is 11.5 Å². The number of amides is 1. The van der Waals surface area contributed by atoms with E-state index < -0.39 is 17.7 Å². The summed E-state index contributed by atoms with van der Waals surface area (Å²) in [5, 5.41) is 11.3. The van der Waals surface area contributed by atoms with E-state index in [1.165, 1.54) is 4.90 Å². The van der Waals surface area contributed by atoms with Crippen molar-refractivity contribution in [3.8, 4) is 17.2 Å². The van der Waals surface area contributed by atoms with E-state index in [4.69, 9.17) is 14.2 Å². The second-order valence-electron chi connectivity index (χ2n) is 8.08. The average molecular weight is 489 g/mol. The molecule has 8 heteroatoms. The molecule has 1 aliphatic heterocycles. The highest BCUT2D eigenvalue weighted by Gasteiger charge is 2.46. The molecule has 36 heavy (non-hydrogen) atoms. The van der Waals surface area contributed by atoms with E-state index in [0.717, 1.165) is 5.56 Å². The molecular weight excluding hydrogens is 460 g/mol. The van der Waals surface area contributed by atoms with E-state index >= 15 is 0 Å². The molecule has 1 amide bonds. The van der Waals surface area contributed by atoms with Gasteiger partial charge in [0.05, 0.1) is 31.9 Å². The van der Waals surface area contributed by atoms with Crippen LogP contribution < -0.4 is 14.2 Å². The van der Waals surface area contributed by atoms with Gasteiger partial charge in [-0.25, -0.2) is 0 Å². The SMILES string of the molecule is CCOc1ccc(C2C(=C(O)c3ccc(OC)cc3)C(=O)C(=O)N2Cc2ccncc2)cc1OCC. The van der Waals surface area contributed by atoms with E-state index in [1.807, 2.05) is 13.8 Å². The van der Waals surface area contributed by atoms with Crippen LogP contribution in [0.3, 0.4) is 0 Å². The number of likely N-dealkylation sites (tertiary alicyclic amines) is 1. The van der Waals surface area contributed by atoms with Crippen LogP contribution in [-0.2, 0) is 16.1 Å². The molecule has 186 valence electrons. The minimum Gasteiger partial charge on any atom is -0.507 e. The zero-order chi connectivity index (χ0) is 25.7. The van der Waals surface area contributed by atoms with Crippen molar-refractivity contribution in [3.63, 3.8) is 0 Å². The average Bonchev–Trinajstić information content (AvgIpc) is 3.15. The van der Waals surface area contributed by atoms with Gasteiger partial charge in [0.15, 0.2) is 11.5 Å². The van der Waals surface area contributed by atoms with Gasteiger partial charge in [0, 0.05) is 24.5 Å². The third kappa shape index (κ3) is 4.88. The van der Waals surface area contributed by atoms with Crippen LogP contribution in [0, 0.1) is 0 Å². The molecule has 1 aliphatic rings. The van der Waals surface area contributed by atoms with Crippen molar-refractivity contribution in [2.45, 2.75) is 26.4 Å². The molecule has 1 N–H and O–H groups in total. The Hall–Kier alpha value is -4.33. The van der Waals surface area contributed by atoms with E-state index in [-0.39, 0.29) is 17.9 Å². The molecule has 3 aromatic rings. The van der Waals surface area contributed by atoms with Crippen LogP contribution in [0.2, 0.25) is 0 Å². The highest BCUT2D eigenvalue weighted by molar-refractivity contribution is 6.46. The maximum Gasteiger partial charge on any atom is 0.295 e. The molecule has 0 aliphatic carbocycles. The highest BCUT2D eigenvalue weighted by Crippen LogP contribution is 2.42. The van der Waals surface area contributed by atoms with Crippen LogP contribution in [0.25, 0.3) is 5.76 Å². The number of ether oxygens (including phenoxy) is 3. The summed E-state index contributed by atoms with van der Waals surface area (Å²) < 4.78 is 16.7. The second kappa shape index (κ2) is 10.9. The molecule has 2 aromatic carbocycles. The maximum absolute atomic E-state index is 13.3. The molecule has 0 radical (unpaired) electrons. The first-order valence-corrected chi connectivity index (χ1v) is 11.7. The van der Waals surface area contributed by atoms with E-state index in [0.29, 0.717) is 41.6 Å². The van der Waals surface area contributed by atoms with Gasteiger partial charge < -0.3 is 24.2 Å². The first kappa shape index (κ1) is 24.8. The summed E-state index contributed by atoms with van der Waals surface area (Å²) in [5.74, 6) is -0.0488. The lowest BCUT2D eigenvalue weighted by Gasteiger charge is -2.26. The van der Waals surface area contributed by atoms with Crippen molar-refractivity contribution in [3.05, 3.63) is 89.3 Å². The number of ketones is 1. The zero-order valence-electron chi connectivity index (χ0n) is 20.4. The summed E-state index contributed by atoms with van der Waals surface area (Å²) in [4.78, 5) is 32.0. The smallest absolute Gasteiger partial charge is 0.295 e. The molecule has 1 saturated heterocycles. The summed E-state index contributed by atoms with van der Waals surface area (Å²) >= 11 is 0. The molecule has 2 heterocycles. The maximum atomic E-state index is 13.3. The largest absolute Gasteiger partial charge is 0.507 e. The first-order chi connectivity index (χ1) is 17.5. The first-order valence-electron chi connectivity index (χ1n) is 11.7. The number of carbonyl (C=O) groups excluding carboxylic acids is 2. The Morgan fingerprint density at radius 2 is 1.61 bits per heavy atom. The van der Waals surface area contributed by atoms with Crippen LogP contribution in [0.15, 0.2) is 72.6 Å². The molecule has 4 rings (SSSR count). The van der Waals surface area contributed by atoms with Crippen molar-refractivity contribution in [1.82, 2.24) is 9.88 Å². The molecule has 1 fully saturated rings. The fourth-order valence-corrected chi connectivity index (χ4v) is 4.22. The number of pyridine rings is 1. The van der Waals surface area contributed by atoms with Gasteiger partial charge in [-0.05, 0) is 73.5 Å². The summed E-state index contributed by atoms with van der Waals surface area (Å²) in [6, 6.07) is 14.7. The number of aliphatic hydroxyl groups excluding tert-OH is 1. The van der Waals surface area contributed by atoms with Crippen molar-refractivity contribution in [2.75, 3.05) is 20.3 Å². The molecule has 1 unspecified atom stereocenters. The van der Waals surface area contributed by atoms with Crippen LogP contribution >= 0.6 is 0 Å². The number of nitrogens with zero attached hydrogens (tertiary/aromatic N) is 2. The van der Waals surface area contributed by atoms with Gasteiger partial charge in [0.25, 0.3) is 11.7 Å². The van der Waals surface area contributed by atoms with E-state index in [9.17, 15) is 14.7 Å². The molecule has 0 spiro atoms. The number of aliphatic hydroxyl groups is 1. The monoisotopic (exact) mass is 488 g/mol. The van der Waals surface area contributed by atoms with E-state index in [1.54, 1.807) is 74.1 Å². The summed E-state index contributed by atoms with van der Waals surface area (Å²) in [6.45, 7) is 4.77. The fourth-order valence-electron chi connectivity index (χ4n) is 4.22. The van der Waals surface area contributed by atoms with Crippen molar-refractivity contribution in [1.29, 1.82) is 0 Å². The predicted molar refractivity (Wildman–Crippen MR) is 134 cm³/mol. The lowest BCUT2D eigenvalue weighted by molar-refractivity contribution is -0.140. The standard InChI is InChI=1S/C28H28N2O6/c1-4-35-22-11-8-20(16-23(22)36-5-2)25-24(26(31)19-6-9-21(34-3)10-7-19)27(32)28(33)30(25)17-18-12-14-29-15-13-18/h6-16,25,31H,4-5,17H2,1-3H3. The fraction of sp³-hybridized carbons (Fsp3) is 0.250. The Morgan fingerprint density at radius 3 is 2.25 bits per heavy atom. The van der Waals surface area contributed by atoms with Crippen LogP contribution in [0.1, 0.15) is 36.6 Å². The van der Waals surface area contributed by atoms with Crippen LogP contribution in [0.5, 0.6) is 17.2 Å². The predicted octanol–water partition coefficient (Wildman–Crippen LogP) is 4.51. The van der Waals surface area contributed by atoms with Crippen molar-refractivity contribution < 1.29 is 28.9 Å². The molecule has 1 atom stereocenters. The van der Waals surface area contributed by atoms with Gasteiger partial charge in [-0.2, -0.15) is 0 Å². The third-order valence-corrected chi connectivity index (χ3v) is 5.89. The number of hydrogen-bond acceptors (Lipinski definition) is 7. The Labute approximate surface area is 209 Å².